The third-order valence-electron chi connectivity index (χ3n) is 4.70. The van der Waals surface area contributed by atoms with Gasteiger partial charge in [0.25, 0.3) is 0 Å². The van der Waals surface area contributed by atoms with E-state index in [1.165, 1.54) is 19.1 Å². The van der Waals surface area contributed by atoms with Gasteiger partial charge in [0, 0.05) is 28.8 Å². The standard InChI is InChI=1S/C18H16BrF3O5/c1-2-26-16(24)15-13(9-3-5-10(19)6-4-9)14-11(23)7-8-12(14)27-17(15,25)18(20,21)22/h3-6,13,15,25H,2,7-8H2,1H3. The number of alkyl halides is 3. The molecule has 0 aromatic heterocycles. The Morgan fingerprint density at radius 1 is 1.33 bits per heavy atom. The van der Waals surface area contributed by atoms with Crippen molar-refractivity contribution < 1.29 is 37.3 Å². The zero-order valence-electron chi connectivity index (χ0n) is 14.2. The van der Waals surface area contributed by atoms with Crippen molar-refractivity contribution in [1.29, 1.82) is 0 Å². The molecule has 0 saturated carbocycles. The number of halogens is 4. The average Bonchev–Trinajstić information content (AvgIpc) is 2.94. The number of Topliss-reactive ketones (excluding diaryl/α,β-unsaturated/α-hetero) is 1. The summed E-state index contributed by atoms with van der Waals surface area (Å²) < 4.78 is 51.7. The highest BCUT2D eigenvalue weighted by atomic mass is 79.9. The minimum absolute atomic E-state index is 0.00991. The molecule has 0 spiro atoms. The van der Waals surface area contributed by atoms with E-state index in [9.17, 15) is 27.9 Å². The molecule has 27 heavy (non-hydrogen) atoms. The van der Waals surface area contributed by atoms with Gasteiger partial charge in [-0.1, -0.05) is 28.1 Å². The molecule has 146 valence electrons. The summed E-state index contributed by atoms with van der Waals surface area (Å²) in [6.45, 7) is 1.25. The molecule has 1 aliphatic heterocycles. The van der Waals surface area contributed by atoms with Gasteiger partial charge in [-0.15, -0.1) is 0 Å². The third kappa shape index (κ3) is 3.27. The van der Waals surface area contributed by atoms with Gasteiger partial charge in [0.15, 0.2) is 5.78 Å². The lowest BCUT2D eigenvalue weighted by atomic mass is 9.73. The van der Waals surface area contributed by atoms with Crippen molar-refractivity contribution in [3.05, 3.63) is 45.6 Å². The highest BCUT2D eigenvalue weighted by Crippen LogP contribution is 2.54. The van der Waals surface area contributed by atoms with Crippen LogP contribution in [-0.2, 0) is 19.1 Å². The van der Waals surface area contributed by atoms with Gasteiger partial charge in [0.2, 0.25) is 0 Å². The summed E-state index contributed by atoms with van der Waals surface area (Å²) in [7, 11) is 0. The Morgan fingerprint density at radius 2 is 1.96 bits per heavy atom. The molecule has 0 fully saturated rings. The molecular weight excluding hydrogens is 433 g/mol. The number of hydrogen-bond acceptors (Lipinski definition) is 5. The number of carbonyl (C=O) groups is 2. The summed E-state index contributed by atoms with van der Waals surface area (Å²) in [6.07, 6.45) is -5.38. The van der Waals surface area contributed by atoms with Gasteiger partial charge in [-0.2, -0.15) is 13.2 Å². The predicted molar refractivity (Wildman–Crippen MR) is 90.4 cm³/mol. The Bertz CT molecular complexity index is 802. The quantitative estimate of drug-likeness (QED) is 0.715. The largest absolute Gasteiger partial charge is 0.466 e. The molecular formula is C18H16BrF3O5. The molecule has 3 atom stereocenters. The monoisotopic (exact) mass is 448 g/mol. The fourth-order valence-electron chi connectivity index (χ4n) is 3.54. The van der Waals surface area contributed by atoms with Crippen molar-refractivity contribution in [2.75, 3.05) is 6.61 Å². The zero-order valence-corrected chi connectivity index (χ0v) is 15.8. The second-order valence-corrected chi connectivity index (χ2v) is 7.23. The molecule has 9 heteroatoms. The molecule has 3 rings (SSSR count). The first-order valence-corrected chi connectivity index (χ1v) is 9.06. The van der Waals surface area contributed by atoms with Crippen LogP contribution in [0.15, 0.2) is 40.1 Å². The van der Waals surface area contributed by atoms with E-state index in [-0.39, 0.29) is 36.3 Å². The van der Waals surface area contributed by atoms with Crippen molar-refractivity contribution in [3.63, 3.8) is 0 Å². The van der Waals surface area contributed by atoms with Gasteiger partial charge < -0.3 is 14.6 Å². The summed E-state index contributed by atoms with van der Waals surface area (Å²) in [5.41, 5.74) is 0.272. The summed E-state index contributed by atoms with van der Waals surface area (Å²) in [5.74, 6) is -9.20. The van der Waals surface area contributed by atoms with Crippen molar-refractivity contribution in [1.82, 2.24) is 0 Å². The zero-order chi connectivity index (χ0) is 20.0. The number of allylic oxidation sites excluding steroid dienone is 2. The first kappa shape index (κ1) is 19.9. The molecule has 0 bridgehead atoms. The van der Waals surface area contributed by atoms with Crippen molar-refractivity contribution in [3.8, 4) is 0 Å². The molecule has 0 radical (unpaired) electrons. The lowest BCUT2D eigenvalue weighted by Crippen LogP contribution is -2.60. The van der Waals surface area contributed by atoms with Gasteiger partial charge >= 0.3 is 17.9 Å². The molecule has 0 saturated heterocycles. The second kappa shape index (κ2) is 6.94. The van der Waals surface area contributed by atoms with Crippen LogP contribution in [0, 0.1) is 5.92 Å². The topological polar surface area (TPSA) is 72.8 Å². The first-order chi connectivity index (χ1) is 12.6. The third-order valence-corrected chi connectivity index (χ3v) is 5.23. The number of rotatable bonds is 3. The number of ether oxygens (including phenoxy) is 2. The Morgan fingerprint density at radius 3 is 2.52 bits per heavy atom. The summed E-state index contributed by atoms with van der Waals surface area (Å²) >= 11 is 3.24. The Balaban J connectivity index is 2.24. The van der Waals surface area contributed by atoms with E-state index >= 15 is 0 Å². The number of aliphatic hydroxyl groups is 1. The van der Waals surface area contributed by atoms with Crippen LogP contribution in [-0.4, -0.2) is 35.4 Å². The minimum Gasteiger partial charge on any atom is -0.466 e. The highest BCUT2D eigenvalue weighted by Gasteiger charge is 2.70. The molecule has 2 aliphatic rings. The highest BCUT2D eigenvalue weighted by molar-refractivity contribution is 9.10. The van der Waals surface area contributed by atoms with Crippen LogP contribution >= 0.6 is 15.9 Å². The van der Waals surface area contributed by atoms with Crippen LogP contribution in [0.2, 0.25) is 0 Å². The number of carbonyl (C=O) groups excluding carboxylic acids is 2. The van der Waals surface area contributed by atoms with Gasteiger partial charge in [-0.3, -0.25) is 9.59 Å². The lowest BCUT2D eigenvalue weighted by Gasteiger charge is -2.43. The minimum atomic E-state index is -5.28. The molecule has 1 aromatic rings. The lowest BCUT2D eigenvalue weighted by molar-refractivity contribution is -0.377. The van der Waals surface area contributed by atoms with Crippen LogP contribution in [0.4, 0.5) is 13.2 Å². The molecule has 5 nitrogen and oxygen atoms in total. The van der Waals surface area contributed by atoms with E-state index in [1.54, 1.807) is 12.1 Å². The summed E-state index contributed by atoms with van der Waals surface area (Å²) in [4.78, 5) is 24.9. The number of hydrogen-bond donors (Lipinski definition) is 1. The van der Waals surface area contributed by atoms with Crippen molar-refractivity contribution in [2.24, 2.45) is 5.92 Å². The molecule has 0 amide bonds. The van der Waals surface area contributed by atoms with Crippen LogP contribution in [0.1, 0.15) is 31.2 Å². The maximum absolute atomic E-state index is 13.8. The molecule has 1 aromatic carbocycles. The van der Waals surface area contributed by atoms with E-state index in [0.717, 1.165) is 0 Å². The fraction of sp³-hybridized carbons (Fsp3) is 0.444. The number of esters is 1. The van der Waals surface area contributed by atoms with Crippen molar-refractivity contribution in [2.45, 2.75) is 37.6 Å². The normalized spacial score (nSPS) is 28.0. The van der Waals surface area contributed by atoms with Gasteiger partial charge in [0.05, 0.1) is 6.61 Å². The SMILES string of the molecule is CCOC(=O)C1C(c2ccc(Br)cc2)C2=C(CCC2=O)OC1(O)C(F)(F)F. The summed E-state index contributed by atoms with van der Waals surface area (Å²) in [6, 6.07) is 6.16. The number of ketones is 1. The molecule has 3 unspecified atom stereocenters. The van der Waals surface area contributed by atoms with E-state index in [1.807, 2.05) is 0 Å². The Labute approximate surface area is 161 Å². The van der Waals surface area contributed by atoms with E-state index in [4.69, 9.17) is 9.47 Å². The summed E-state index contributed by atoms with van der Waals surface area (Å²) in [5, 5.41) is 10.5. The Hall–Kier alpha value is -1.87. The first-order valence-electron chi connectivity index (χ1n) is 8.26. The van der Waals surface area contributed by atoms with Gasteiger partial charge in [-0.25, -0.2) is 0 Å². The molecule has 1 aliphatic carbocycles. The van der Waals surface area contributed by atoms with Crippen molar-refractivity contribution >= 4 is 27.7 Å². The molecule has 1 heterocycles. The van der Waals surface area contributed by atoms with Gasteiger partial charge in [0.1, 0.15) is 11.7 Å². The average molecular weight is 449 g/mol. The number of benzene rings is 1. The smallest absolute Gasteiger partial charge is 0.456 e. The van der Waals surface area contributed by atoms with Crippen LogP contribution in [0.25, 0.3) is 0 Å². The Kier molecular flexibility index (Phi) is 5.11. The van der Waals surface area contributed by atoms with E-state index in [0.29, 0.717) is 4.47 Å². The maximum Gasteiger partial charge on any atom is 0.456 e. The fourth-order valence-corrected chi connectivity index (χ4v) is 3.80. The predicted octanol–water partition coefficient (Wildman–Crippen LogP) is 3.61. The van der Waals surface area contributed by atoms with Crippen LogP contribution in [0.3, 0.4) is 0 Å². The maximum atomic E-state index is 13.8. The van der Waals surface area contributed by atoms with Crippen LogP contribution < -0.4 is 0 Å². The van der Waals surface area contributed by atoms with E-state index < -0.39 is 35.6 Å². The van der Waals surface area contributed by atoms with Crippen LogP contribution in [0.5, 0.6) is 0 Å². The second-order valence-electron chi connectivity index (χ2n) is 6.32. The molecule has 1 N–H and O–H groups in total. The van der Waals surface area contributed by atoms with Gasteiger partial charge in [-0.05, 0) is 24.6 Å². The van der Waals surface area contributed by atoms with E-state index in [2.05, 4.69) is 15.9 Å².